The van der Waals surface area contributed by atoms with E-state index < -0.39 is 76.7 Å². The number of carboxylic acid groups (broad SMARTS) is 1. The van der Waals surface area contributed by atoms with Crippen molar-refractivity contribution in [3.63, 3.8) is 0 Å². The molecule has 2 unspecified atom stereocenters. The Labute approximate surface area is 264 Å². The summed E-state index contributed by atoms with van der Waals surface area (Å²) in [6.45, 7) is 7.08. The van der Waals surface area contributed by atoms with Gasteiger partial charge in [-0.05, 0) is 49.9 Å². The Morgan fingerprint density at radius 3 is 1.91 bits per heavy atom. The third kappa shape index (κ3) is 11.0. The molecule has 0 aliphatic rings. The summed E-state index contributed by atoms with van der Waals surface area (Å²) in [5.41, 5.74) is -1.63. The summed E-state index contributed by atoms with van der Waals surface area (Å²) in [5, 5.41) is 18.9. The van der Waals surface area contributed by atoms with E-state index in [-0.39, 0.29) is 18.4 Å². The Morgan fingerprint density at radius 2 is 1.39 bits per heavy atom. The van der Waals surface area contributed by atoms with Gasteiger partial charge in [0, 0.05) is 6.42 Å². The van der Waals surface area contributed by atoms with Crippen molar-refractivity contribution in [2.75, 3.05) is 0 Å². The quantitative estimate of drug-likeness (QED) is 0.185. The highest BCUT2D eigenvalue weighted by molar-refractivity contribution is 6.38. The Kier molecular flexibility index (Phi) is 13.0. The van der Waals surface area contributed by atoms with E-state index in [1.165, 1.54) is 32.9 Å². The number of halogens is 3. The van der Waals surface area contributed by atoms with Crippen molar-refractivity contribution in [1.82, 2.24) is 21.3 Å². The monoisotopic (exact) mass is 648 g/mol. The first-order valence-electron chi connectivity index (χ1n) is 14.6. The van der Waals surface area contributed by atoms with E-state index in [9.17, 15) is 47.0 Å². The van der Waals surface area contributed by atoms with Crippen LogP contribution >= 0.6 is 0 Å². The minimum Gasteiger partial charge on any atom is -0.480 e. The van der Waals surface area contributed by atoms with Gasteiger partial charge in [-0.25, -0.2) is 4.79 Å². The van der Waals surface area contributed by atoms with Crippen LogP contribution in [0.25, 0.3) is 0 Å². The van der Waals surface area contributed by atoms with Crippen LogP contribution in [-0.4, -0.2) is 64.2 Å². The van der Waals surface area contributed by atoms with Crippen LogP contribution in [-0.2, 0) is 47.8 Å². The lowest BCUT2D eigenvalue weighted by Gasteiger charge is -2.28. The second kappa shape index (κ2) is 16.0. The molecule has 5 N–H and O–H groups in total. The zero-order valence-electron chi connectivity index (χ0n) is 26.2. The van der Waals surface area contributed by atoms with Crippen molar-refractivity contribution in [2.24, 2.45) is 5.92 Å². The molecule has 0 spiro atoms. The molecule has 0 heterocycles. The smallest absolute Gasteiger partial charge is 0.416 e. The van der Waals surface area contributed by atoms with Gasteiger partial charge in [-0.3, -0.25) is 24.0 Å². The first kappa shape index (κ1) is 37.4. The number of carboxylic acids is 1. The highest BCUT2D eigenvalue weighted by Crippen LogP contribution is 2.29. The molecule has 2 aromatic rings. The molecule has 2 aromatic carbocycles. The average Bonchev–Trinajstić information content (AvgIpc) is 2.98. The fourth-order valence-corrected chi connectivity index (χ4v) is 4.23. The molecule has 0 bridgehead atoms. The number of ketones is 1. The molecule has 0 saturated heterocycles. The summed E-state index contributed by atoms with van der Waals surface area (Å²) in [5.74, 6) is -6.43. The topological polar surface area (TPSA) is 171 Å². The summed E-state index contributed by atoms with van der Waals surface area (Å²) >= 11 is 0. The van der Waals surface area contributed by atoms with Crippen molar-refractivity contribution in [2.45, 2.75) is 83.7 Å². The van der Waals surface area contributed by atoms with E-state index >= 15 is 0 Å². The van der Waals surface area contributed by atoms with Crippen molar-refractivity contribution in [1.29, 1.82) is 0 Å². The number of benzene rings is 2. The van der Waals surface area contributed by atoms with Crippen molar-refractivity contribution in [3.05, 3.63) is 71.3 Å². The molecule has 250 valence electrons. The molecule has 4 amide bonds. The number of aliphatic carboxylic acids is 1. The number of hydrogen-bond acceptors (Lipinski definition) is 6. The second-order valence-electron chi connectivity index (χ2n) is 11.5. The second-order valence-corrected chi connectivity index (χ2v) is 11.5. The van der Waals surface area contributed by atoms with Crippen molar-refractivity contribution < 1.29 is 47.0 Å². The minimum atomic E-state index is -4.57. The van der Waals surface area contributed by atoms with Gasteiger partial charge in [0.15, 0.2) is 0 Å². The minimum absolute atomic E-state index is 0.105. The van der Waals surface area contributed by atoms with E-state index in [2.05, 4.69) is 21.3 Å². The van der Waals surface area contributed by atoms with E-state index in [0.29, 0.717) is 12.0 Å². The number of rotatable bonds is 15. The van der Waals surface area contributed by atoms with E-state index in [4.69, 9.17) is 0 Å². The normalized spacial score (nSPS) is 14.2. The number of hydrogen-bond donors (Lipinski definition) is 5. The van der Waals surface area contributed by atoms with Crippen LogP contribution in [0, 0.1) is 5.92 Å². The zero-order chi connectivity index (χ0) is 34.8. The number of Topliss-reactive ketones (excluding diaryl/α,β-unsaturated/α-hetero) is 1. The fourth-order valence-electron chi connectivity index (χ4n) is 4.23. The van der Waals surface area contributed by atoms with Crippen LogP contribution < -0.4 is 21.3 Å². The van der Waals surface area contributed by atoms with Gasteiger partial charge in [0.1, 0.15) is 17.6 Å². The molecule has 14 heteroatoms. The summed E-state index contributed by atoms with van der Waals surface area (Å²) in [4.78, 5) is 76.3. The highest BCUT2D eigenvalue weighted by atomic mass is 19.4. The molecule has 11 nitrogen and oxygen atoms in total. The standard InChI is InChI=1S/C32H39F3N4O7/c1-6-18(2)25(28(43)39-31(4,5)30(45)46)38-29(44)26(41)19(3)36-27(42)23(37-24(40)17-20-10-8-7-9-11-20)16-21-12-14-22(15-13-21)32(33,34)35/h7-15,18-19,23,25H,6,16-17H2,1-5H3,(H,36,42)(H,37,40)(H,38,44)(H,39,43)(H,45,46)/t18-,19?,23-,25?/m0/s1. The number of carbonyl (C=O) groups excluding carboxylic acids is 5. The molecule has 0 fully saturated rings. The van der Waals surface area contributed by atoms with E-state index in [1.807, 2.05) is 0 Å². The molecular weight excluding hydrogens is 609 g/mol. The summed E-state index contributed by atoms with van der Waals surface area (Å²) in [6.07, 6.45) is -4.52. The average molecular weight is 649 g/mol. The molecule has 4 atom stereocenters. The molecule has 0 aliphatic heterocycles. The third-order valence-electron chi connectivity index (χ3n) is 7.31. The number of carbonyl (C=O) groups is 6. The van der Waals surface area contributed by atoms with Gasteiger partial charge in [0.2, 0.25) is 23.5 Å². The van der Waals surface area contributed by atoms with Gasteiger partial charge >= 0.3 is 12.1 Å². The Balaban J connectivity index is 2.20. The maximum absolute atomic E-state index is 13.3. The van der Waals surface area contributed by atoms with Gasteiger partial charge < -0.3 is 26.4 Å². The van der Waals surface area contributed by atoms with Crippen LogP contribution in [0.15, 0.2) is 54.6 Å². The lowest BCUT2D eigenvalue weighted by atomic mass is 9.96. The third-order valence-corrected chi connectivity index (χ3v) is 7.31. The largest absolute Gasteiger partial charge is 0.480 e. The predicted octanol–water partition coefficient (Wildman–Crippen LogP) is 2.56. The number of alkyl halides is 3. The van der Waals surface area contributed by atoms with Gasteiger partial charge in [0.25, 0.3) is 5.91 Å². The van der Waals surface area contributed by atoms with E-state index in [0.717, 1.165) is 12.1 Å². The maximum atomic E-state index is 13.3. The lowest BCUT2D eigenvalue weighted by molar-refractivity contribution is -0.147. The van der Waals surface area contributed by atoms with Crippen molar-refractivity contribution in [3.8, 4) is 0 Å². The highest BCUT2D eigenvalue weighted by Gasteiger charge is 2.36. The number of amides is 4. The maximum Gasteiger partial charge on any atom is 0.416 e. The predicted molar refractivity (Wildman–Crippen MR) is 161 cm³/mol. The Morgan fingerprint density at radius 1 is 0.804 bits per heavy atom. The molecular formula is C32H39F3N4O7. The summed E-state index contributed by atoms with van der Waals surface area (Å²) < 4.78 is 39.1. The van der Waals surface area contributed by atoms with Crippen LogP contribution in [0.2, 0.25) is 0 Å². The lowest BCUT2D eigenvalue weighted by Crippen LogP contribution is -2.60. The molecule has 2 rings (SSSR count). The van der Waals surface area contributed by atoms with Gasteiger partial charge in [-0.2, -0.15) is 13.2 Å². The van der Waals surface area contributed by atoms with Gasteiger partial charge in [0.05, 0.1) is 18.0 Å². The molecule has 0 saturated carbocycles. The number of nitrogens with one attached hydrogen (secondary N) is 4. The first-order chi connectivity index (χ1) is 21.3. The molecule has 0 radical (unpaired) electrons. The van der Waals surface area contributed by atoms with Gasteiger partial charge in [-0.1, -0.05) is 62.7 Å². The van der Waals surface area contributed by atoms with Crippen LogP contribution in [0.3, 0.4) is 0 Å². The first-order valence-corrected chi connectivity index (χ1v) is 14.6. The van der Waals surface area contributed by atoms with Gasteiger partial charge in [-0.15, -0.1) is 0 Å². The van der Waals surface area contributed by atoms with Crippen LogP contribution in [0.5, 0.6) is 0 Å². The fraction of sp³-hybridized carbons (Fsp3) is 0.438. The SMILES string of the molecule is CC[C@H](C)C(NC(=O)C(=O)C(C)NC(=O)[C@H](Cc1ccc(C(F)(F)F)cc1)NC(=O)Cc1ccccc1)C(=O)NC(C)(C)C(=O)O. The van der Waals surface area contributed by atoms with E-state index in [1.54, 1.807) is 44.2 Å². The zero-order valence-corrected chi connectivity index (χ0v) is 26.2. The van der Waals surface area contributed by atoms with Crippen LogP contribution in [0.4, 0.5) is 13.2 Å². The van der Waals surface area contributed by atoms with Crippen LogP contribution in [0.1, 0.15) is 57.7 Å². The van der Waals surface area contributed by atoms with Crippen molar-refractivity contribution >= 4 is 35.4 Å². The molecule has 0 aliphatic carbocycles. The summed E-state index contributed by atoms with van der Waals surface area (Å²) in [7, 11) is 0. The Bertz CT molecular complexity index is 1410. The molecule has 0 aromatic heterocycles. The summed E-state index contributed by atoms with van der Waals surface area (Å²) in [6, 6.07) is 8.55. The molecule has 46 heavy (non-hydrogen) atoms. The Hall–Kier alpha value is -4.75.